The van der Waals surface area contributed by atoms with E-state index < -0.39 is 0 Å². The Morgan fingerprint density at radius 3 is 2.60 bits per heavy atom. The van der Waals surface area contributed by atoms with E-state index in [-0.39, 0.29) is 6.04 Å². The molecule has 1 unspecified atom stereocenters. The normalized spacial score (nSPS) is 19.6. The van der Waals surface area contributed by atoms with Crippen molar-refractivity contribution in [3.05, 3.63) is 23.8 Å². The van der Waals surface area contributed by atoms with Gasteiger partial charge in [-0.25, -0.2) is 0 Å². The lowest BCUT2D eigenvalue weighted by Crippen LogP contribution is -2.35. The zero-order chi connectivity index (χ0) is 14.6. The van der Waals surface area contributed by atoms with Crippen LogP contribution in [0.25, 0.3) is 0 Å². The first-order chi connectivity index (χ1) is 9.54. The van der Waals surface area contributed by atoms with Crippen molar-refractivity contribution < 1.29 is 9.84 Å². The molecule has 0 bridgehead atoms. The third-order valence-electron chi connectivity index (χ3n) is 4.60. The zero-order valence-electron chi connectivity index (χ0n) is 12.9. The van der Waals surface area contributed by atoms with Crippen LogP contribution in [0, 0.1) is 5.41 Å². The number of hydrogen-bond donors (Lipinski definition) is 2. The molecule has 0 heterocycles. The smallest absolute Gasteiger partial charge is 0.124 e. The molecule has 1 aliphatic carbocycles. The molecule has 3 nitrogen and oxygen atoms in total. The predicted octanol–water partition coefficient (Wildman–Crippen LogP) is 4.02. The van der Waals surface area contributed by atoms with E-state index in [1.54, 1.807) is 13.2 Å². The molecule has 0 aromatic heterocycles. The molecule has 1 atom stereocenters. The van der Waals surface area contributed by atoms with Gasteiger partial charge in [-0.15, -0.1) is 0 Å². The number of phenols is 1. The van der Waals surface area contributed by atoms with Gasteiger partial charge in [0.1, 0.15) is 11.5 Å². The Bertz CT molecular complexity index is 439. The molecule has 3 heteroatoms. The van der Waals surface area contributed by atoms with E-state index in [1.165, 1.54) is 32.1 Å². The summed E-state index contributed by atoms with van der Waals surface area (Å²) in [6, 6.07) is 5.67. The minimum absolute atomic E-state index is 0.152. The van der Waals surface area contributed by atoms with E-state index in [0.717, 1.165) is 12.1 Å². The van der Waals surface area contributed by atoms with Crippen LogP contribution in [-0.2, 0) is 0 Å². The van der Waals surface area contributed by atoms with Gasteiger partial charge in [-0.3, -0.25) is 0 Å². The van der Waals surface area contributed by atoms with Crippen LogP contribution in [0.1, 0.15) is 57.6 Å². The summed E-state index contributed by atoms with van der Waals surface area (Å²) in [6.45, 7) is 5.49. The Kier molecular flexibility index (Phi) is 4.92. The van der Waals surface area contributed by atoms with Gasteiger partial charge in [-0.05, 0) is 31.2 Å². The third kappa shape index (κ3) is 3.66. The Balaban J connectivity index is 1.96. The minimum atomic E-state index is 0.152. The highest BCUT2D eigenvalue weighted by Crippen LogP contribution is 2.36. The van der Waals surface area contributed by atoms with Crippen molar-refractivity contribution in [2.24, 2.45) is 5.41 Å². The quantitative estimate of drug-likeness (QED) is 0.854. The van der Waals surface area contributed by atoms with Crippen molar-refractivity contribution in [3.63, 3.8) is 0 Å². The van der Waals surface area contributed by atoms with E-state index in [1.807, 2.05) is 12.1 Å². The molecule has 1 fully saturated rings. The fourth-order valence-corrected chi connectivity index (χ4v) is 3.11. The first kappa shape index (κ1) is 15.2. The van der Waals surface area contributed by atoms with Crippen molar-refractivity contribution in [1.82, 2.24) is 5.32 Å². The lowest BCUT2D eigenvalue weighted by molar-refractivity contribution is 0.201. The van der Waals surface area contributed by atoms with E-state index in [9.17, 15) is 5.11 Å². The standard InChI is InChI=1S/C17H27NO2/c1-13(15-8-7-14(20-3)11-16(15)19)18-12-17(2)9-5-4-6-10-17/h7-8,11,13,18-19H,4-6,9-10,12H2,1-3H3. The summed E-state index contributed by atoms with van der Waals surface area (Å²) in [4.78, 5) is 0. The molecule has 0 amide bonds. The van der Waals surface area contributed by atoms with Crippen LogP contribution in [0.2, 0.25) is 0 Å². The molecular weight excluding hydrogens is 250 g/mol. The minimum Gasteiger partial charge on any atom is -0.507 e. The average molecular weight is 277 g/mol. The van der Waals surface area contributed by atoms with Gasteiger partial charge in [0.05, 0.1) is 7.11 Å². The Hall–Kier alpha value is -1.22. The van der Waals surface area contributed by atoms with E-state index >= 15 is 0 Å². The van der Waals surface area contributed by atoms with Crippen molar-refractivity contribution in [2.45, 2.75) is 52.0 Å². The first-order valence-corrected chi connectivity index (χ1v) is 7.64. The van der Waals surface area contributed by atoms with Crippen molar-refractivity contribution in [2.75, 3.05) is 13.7 Å². The summed E-state index contributed by atoms with van der Waals surface area (Å²) >= 11 is 0. The van der Waals surface area contributed by atoms with Gasteiger partial charge in [0, 0.05) is 24.2 Å². The van der Waals surface area contributed by atoms with E-state index in [2.05, 4.69) is 19.2 Å². The van der Waals surface area contributed by atoms with Gasteiger partial charge >= 0.3 is 0 Å². The number of rotatable bonds is 5. The lowest BCUT2D eigenvalue weighted by atomic mass is 9.75. The molecule has 0 aliphatic heterocycles. The second-order valence-electron chi connectivity index (χ2n) is 6.40. The van der Waals surface area contributed by atoms with Gasteiger partial charge in [0.25, 0.3) is 0 Å². The largest absolute Gasteiger partial charge is 0.507 e. The fraction of sp³-hybridized carbons (Fsp3) is 0.647. The SMILES string of the molecule is COc1ccc(C(C)NCC2(C)CCCCC2)c(O)c1. The van der Waals surface area contributed by atoms with Crippen LogP contribution in [0.5, 0.6) is 11.5 Å². The number of aromatic hydroxyl groups is 1. The van der Waals surface area contributed by atoms with Crippen LogP contribution < -0.4 is 10.1 Å². The van der Waals surface area contributed by atoms with Crippen molar-refractivity contribution in [1.29, 1.82) is 0 Å². The van der Waals surface area contributed by atoms with Gasteiger partial charge in [-0.1, -0.05) is 32.3 Å². The lowest BCUT2D eigenvalue weighted by Gasteiger charge is -2.35. The summed E-state index contributed by atoms with van der Waals surface area (Å²) in [5.74, 6) is 0.996. The Morgan fingerprint density at radius 1 is 1.30 bits per heavy atom. The molecule has 1 saturated carbocycles. The third-order valence-corrected chi connectivity index (χ3v) is 4.60. The van der Waals surface area contributed by atoms with E-state index in [0.29, 0.717) is 16.9 Å². The number of nitrogens with one attached hydrogen (secondary N) is 1. The molecular formula is C17H27NO2. The van der Waals surface area contributed by atoms with Crippen LogP contribution in [-0.4, -0.2) is 18.8 Å². The maximum Gasteiger partial charge on any atom is 0.124 e. The molecule has 20 heavy (non-hydrogen) atoms. The highest BCUT2D eigenvalue weighted by molar-refractivity contribution is 5.41. The monoisotopic (exact) mass is 277 g/mol. The number of benzene rings is 1. The highest BCUT2D eigenvalue weighted by atomic mass is 16.5. The highest BCUT2D eigenvalue weighted by Gasteiger charge is 2.27. The van der Waals surface area contributed by atoms with Crippen LogP contribution >= 0.6 is 0 Å². The molecule has 0 radical (unpaired) electrons. The maximum atomic E-state index is 10.1. The topological polar surface area (TPSA) is 41.5 Å². The zero-order valence-corrected chi connectivity index (χ0v) is 12.9. The molecule has 1 aliphatic rings. The molecule has 112 valence electrons. The number of methoxy groups -OCH3 is 1. The van der Waals surface area contributed by atoms with Gasteiger partial charge < -0.3 is 15.2 Å². The summed E-state index contributed by atoms with van der Waals surface area (Å²) < 4.78 is 5.12. The summed E-state index contributed by atoms with van der Waals surface area (Å²) in [6.07, 6.45) is 6.69. The van der Waals surface area contributed by atoms with E-state index in [4.69, 9.17) is 4.74 Å². The summed E-state index contributed by atoms with van der Waals surface area (Å²) in [5.41, 5.74) is 1.35. The molecule has 1 aromatic rings. The van der Waals surface area contributed by atoms with Crippen molar-refractivity contribution in [3.8, 4) is 11.5 Å². The second kappa shape index (κ2) is 6.49. The van der Waals surface area contributed by atoms with Gasteiger partial charge in [-0.2, -0.15) is 0 Å². The van der Waals surface area contributed by atoms with Crippen LogP contribution in [0.15, 0.2) is 18.2 Å². The molecule has 1 aromatic carbocycles. The maximum absolute atomic E-state index is 10.1. The molecule has 2 rings (SSSR count). The van der Waals surface area contributed by atoms with Crippen LogP contribution in [0.4, 0.5) is 0 Å². The fourth-order valence-electron chi connectivity index (χ4n) is 3.11. The number of hydrogen-bond acceptors (Lipinski definition) is 3. The Morgan fingerprint density at radius 2 is 2.00 bits per heavy atom. The number of ether oxygens (including phenoxy) is 1. The van der Waals surface area contributed by atoms with Gasteiger partial charge in [0.2, 0.25) is 0 Å². The Labute approximate surface area is 122 Å². The van der Waals surface area contributed by atoms with Crippen molar-refractivity contribution >= 4 is 0 Å². The predicted molar refractivity (Wildman–Crippen MR) is 82.3 cm³/mol. The summed E-state index contributed by atoms with van der Waals surface area (Å²) in [5, 5.41) is 13.7. The average Bonchev–Trinajstić information content (AvgIpc) is 2.45. The molecule has 0 spiro atoms. The summed E-state index contributed by atoms with van der Waals surface area (Å²) in [7, 11) is 1.61. The number of phenolic OH excluding ortho intramolecular Hbond substituents is 1. The molecule has 0 saturated heterocycles. The van der Waals surface area contributed by atoms with Gasteiger partial charge in [0.15, 0.2) is 0 Å². The first-order valence-electron chi connectivity index (χ1n) is 7.64. The van der Waals surface area contributed by atoms with Crippen LogP contribution in [0.3, 0.4) is 0 Å². The second-order valence-corrected chi connectivity index (χ2v) is 6.40. The molecule has 2 N–H and O–H groups in total.